The molecule has 2 atom stereocenters. The summed E-state index contributed by atoms with van der Waals surface area (Å²) in [6.45, 7) is 3.39. The first-order valence-electron chi connectivity index (χ1n) is 9.52. The van der Waals surface area contributed by atoms with Crippen LogP contribution < -0.4 is 10.2 Å². The minimum absolute atomic E-state index is 0.255. The molecular formula is C19H23N5O3. The number of aromatic nitrogens is 1. The van der Waals surface area contributed by atoms with Crippen molar-refractivity contribution in [3.05, 3.63) is 23.8 Å². The smallest absolute Gasteiger partial charge is 0.329 e. The molecule has 0 unspecified atom stereocenters. The molecule has 3 aliphatic rings. The molecule has 5 rings (SSSR count). The van der Waals surface area contributed by atoms with Gasteiger partial charge in [0.2, 0.25) is 5.91 Å². The minimum Gasteiger partial charge on any atom is -0.354 e. The van der Waals surface area contributed by atoms with Crippen molar-refractivity contribution in [2.75, 3.05) is 31.6 Å². The average Bonchev–Trinajstić information content (AvgIpc) is 3.12. The second kappa shape index (κ2) is 6.31. The average molecular weight is 369 g/mol. The number of carbonyl (C=O) groups excluding carboxylic acids is 2. The van der Waals surface area contributed by atoms with Crippen LogP contribution >= 0.6 is 0 Å². The number of urea groups is 1. The lowest BCUT2D eigenvalue weighted by Crippen LogP contribution is -2.51. The highest BCUT2D eigenvalue weighted by Gasteiger charge is 2.37. The fraction of sp³-hybridized carbons (Fsp3) is 0.526. The number of nitrogens with one attached hydrogen (secondary N) is 1. The molecule has 3 aliphatic heterocycles. The van der Waals surface area contributed by atoms with Gasteiger partial charge in [0.1, 0.15) is 0 Å². The molecular weight excluding hydrogens is 346 g/mol. The van der Waals surface area contributed by atoms with Crippen LogP contribution in [0.4, 0.5) is 10.6 Å². The van der Waals surface area contributed by atoms with Gasteiger partial charge in [0.05, 0.1) is 5.39 Å². The summed E-state index contributed by atoms with van der Waals surface area (Å²) in [5.74, 6) is 0.227. The van der Waals surface area contributed by atoms with Crippen molar-refractivity contribution in [3.63, 3.8) is 0 Å². The van der Waals surface area contributed by atoms with Gasteiger partial charge in [0.25, 0.3) is 0 Å². The van der Waals surface area contributed by atoms with E-state index in [9.17, 15) is 9.59 Å². The van der Waals surface area contributed by atoms with E-state index in [0.717, 1.165) is 25.0 Å². The predicted molar refractivity (Wildman–Crippen MR) is 99.4 cm³/mol. The number of amides is 3. The summed E-state index contributed by atoms with van der Waals surface area (Å²) < 4.78 is 5.40. The number of anilines is 1. The third-order valence-corrected chi connectivity index (χ3v) is 6.15. The number of piperazine rings is 1. The summed E-state index contributed by atoms with van der Waals surface area (Å²) >= 11 is 0. The lowest BCUT2D eigenvalue weighted by atomic mass is 10.1. The van der Waals surface area contributed by atoms with E-state index in [0.29, 0.717) is 30.0 Å². The van der Waals surface area contributed by atoms with Crippen LogP contribution in [0.25, 0.3) is 11.0 Å². The Morgan fingerprint density at radius 2 is 2.00 bits per heavy atom. The molecule has 8 heteroatoms. The van der Waals surface area contributed by atoms with Crippen molar-refractivity contribution in [1.29, 1.82) is 0 Å². The van der Waals surface area contributed by atoms with Gasteiger partial charge < -0.3 is 4.52 Å². The van der Waals surface area contributed by atoms with E-state index in [1.54, 1.807) is 0 Å². The number of carbonyl (C=O) groups is 2. The van der Waals surface area contributed by atoms with Crippen molar-refractivity contribution in [2.45, 2.75) is 37.9 Å². The van der Waals surface area contributed by atoms with E-state index in [-0.39, 0.29) is 12.3 Å². The van der Waals surface area contributed by atoms with E-state index in [1.807, 2.05) is 6.07 Å². The first-order chi connectivity index (χ1) is 13.1. The topological polar surface area (TPSA) is 81.9 Å². The van der Waals surface area contributed by atoms with Crippen LogP contribution in [-0.2, 0) is 11.3 Å². The minimum atomic E-state index is -0.442. The molecule has 0 radical (unpaired) electrons. The number of hydrogen-bond donors (Lipinski definition) is 1. The molecule has 3 fully saturated rings. The zero-order valence-electron chi connectivity index (χ0n) is 15.4. The first-order valence-corrected chi connectivity index (χ1v) is 9.52. The van der Waals surface area contributed by atoms with E-state index >= 15 is 0 Å². The Labute approximate surface area is 157 Å². The molecule has 4 heterocycles. The molecule has 0 spiro atoms. The van der Waals surface area contributed by atoms with Gasteiger partial charge in [0.15, 0.2) is 11.4 Å². The van der Waals surface area contributed by atoms with Gasteiger partial charge >= 0.3 is 6.03 Å². The van der Waals surface area contributed by atoms with Crippen molar-refractivity contribution in [3.8, 4) is 0 Å². The SMILES string of the molecule is CN1[C@@H]2CC[C@H]1CN(Cc1ccc3onc(N4CCC(=O)NC4=O)c3c1)C2. The molecule has 27 heavy (non-hydrogen) atoms. The standard InChI is InChI=1S/C19H23N5O3/c1-22-13-3-4-14(22)11-23(10-13)9-12-2-5-16-15(8-12)18(21-27-16)24-7-6-17(25)20-19(24)26/h2,5,8,13-14H,3-4,6-7,9-11H2,1H3,(H,20,25,26)/t13-,14+. The van der Waals surface area contributed by atoms with Crippen LogP contribution in [-0.4, -0.2) is 65.7 Å². The van der Waals surface area contributed by atoms with E-state index in [1.165, 1.54) is 23.3 Å². The molecule has 0 saturated carbocycles. The van der Waals surface area contributed by atoms with Crippen LogP contribution in [0.3, 0.4) is 0 Å². The molecule has 0 aliphatic carbocycles. The molecule has 2 bridgehead atoms. The normalized spacial score (nSPS) is 26.8. The second-order valence-electron chi connectivity index (χ2n) is 7.84. The molecule has 1 N–H and O–H groups in total. The number of likely N-dealkylation sites (N-methyl/N-ethyl adjacent to an activating group) is 1. The maximum absolute atomic E-state index is 12.2. The third kappa shape index (κ3) is 2.89. The molecule has 1 aromatic heterocycles. The maximum Gasteiger partial charge on any atom is 0.329 e. The summed E-state index contributed by atoms with van der Waals surface area (Å²) in [4.78, 5) is 30.1. The highest BCUT2D eigenvalue weighted by atomic mass is 16.5. The maximum atomic E-state index is 12.2. The van der Waals surface area contributed by atoms with Crippen molar-refractivity contribution in [2.24, 2.45) is 0 Å². The fourth-order valence-electron chi connectivity index (χ4n) is 4.62. The van der Waals surface area contributed by atoms with Gasteiger partial charge in [-0.2, -0.15) is 0 Å². The molecule has 142 valence electrons. The largest absolute Gasteiger partial charge is 0.354 e. The summed E-state index contributed by atoms with van der Waals surface area (Å²) in [7, 11) is 2.24. The quantitative estimate of drug-likeness (QED) is 0.884. The fourth-order valence-corrected chi connectivity index (χ4v) is 4.62. The Hall–Kier alpha value is -2.45. The summed E-state index contributed by atoms with van der Waals surface area (Å²) in [6.07, 6.45) is 2.84. The highest BCUT2D eigenvalue weighted by Crippen LogP contribution is 2.31. The van der Waals surface area contributed by atoms with Crippen LogP contribution in [0.2, 0.25) is 0 Å². The number of fused-ring (bicyclic) bond motifs is 3. The summed E-state index contributed by atoms with van der Waals surface area (Å²) in [5.41, 5.74) is 1.83. The summed E-state index contributed by atoms with van der Waals surface area (Å²) in [5, 5.41) is 7.24. The van der Waals surface area contributed by atoms with Crippen LogP contribution in [0.1, 0.15) is 24.8 Å². The number of rotatable bonds is 3. The zero-order valence-corrected chi connectivity index (χ0v) is 15.4. The monoisotopic (exact) mass is 369 g/mol. The molecule has 1 aromatic carbocycles. The Kier molecular flexibility index (Phi) is 3.91. The van der Waals surface area contributed by atoms with Crippen molar-refractivity contribution < 1.29 is 14.1 Å². The molecule has 2 aromatic rings. The Balaban J connectivity index is 1.39. The molecule has 8 nitrogen and oxygen atoms in total. The Morgan fingerprint density at radius 3 is 2.74 bits per heavy atom. The van der Waals surface area contributed by atoms with Gasteiger partial charge in [-0.25, -0.2) is 4.79 Å². The van der Waals surface area contributed by atoms with Gasteiger partial charge in [-0.1, -0.05) is 11.2 Å². The second-order valence-corrected chi connectivity index (χ2v) is 7.84. The highest BCUT2D eigenvalue weighted by molar-refractivity contribution is 6.08. The Morgan fingerprint density at radius 1 is 1.22 bits per heavy atom. The first kappa shape index (κ1) is 16.7. The lowest BCUT2D eigenvalue weighted by Gasteiger charge is -2.38. The number of nitrogens with zero attached hydrogens (tertiary/aromatic N) is 4. The van der Waals surface area contributed by atoms with E-state index in [2.05, 4.69) is 39.5 Å². The Bertz CT molecular complexity index is 896. The van der Waals surface area contributed by atoms with Gasteiger partial charge in [0, 0.05) is 44.7 Å². The number of likely N-dealkylation sites (tertiary alicyclic amines) is 1. The van der Waals surface area contributed by atoms with Gasteiger partial charge in [-0.3, -0.25) is 24.8 Å². The molecule has 3 amide bonds. The van der Waals surface area contributed by atoms with Crippen LogP contribution in [0, 0.1) is 0 Å². The zero-order chi connectivity index (χ0) is 18.5. The van der Waals surface area contributed by atoms with Gasteiger partial charge in [-0.15, -0.1) is 0 Å². The third-order valence-electron chi connectivity index (χ3n) is 6.15. The summed E-state index contributed by atoms with van der Waals surface area (Å²) in [6, 6.07) is 6.92. The van der Waals surface area contributed by atoms with Crippen molar-refractivity contribution >= 4 is 28.7 Å². The van der Waals surface area contributed by atoms with Crippen molar-refractivity contribution in [1.82, 2.24) is 20.3 Å². The van der Waals surface area contributed by atoms with Gasteiger partial charge in [-0.05, 0) is 37.6 Å². The number of hydrogen-bond acceptors (Lipinski definition) is 6. The predicted octanol–water partition coefficient (Wildman–Crippen LogP) is 1.55. The van der Waals surface area contributed by atoms with E-state index < -0.39 is 6.03 Å². The molecule has 3 saturated heterocycles. The van der Waals surface area contributed by atoms with E-state index in [4.69, 9.17) is 4.52 Å². The van der Waals surface area contributed by atoms with Crippen LogP contribution in [0.15, 0.2) is 22.7 Å². The lowest BCUT2D eigenvalue weighted by molar-refractivity contribution is -0.120. The number of imide groups is 1. The van der Waals surface area contributed by atoms with Crippen LogP contribution in [0.5, 0.6) is 0 Å². The number of benzene rings is 1.